The lowest BCUT2D eigenvalue weighted by atomic mass is 10.3. The van der Waals surface area contributed by atoms with Gasteiger partial charge < -0.3 is 19.1 Å². The van der Waals surface area contributed by atoms with Crippen LogP contribution < -0.4 is 0 Å². The zero-order valence-corrected chi connectivity index (χ0v) is 17.0. The van der Waals surface area contributed by atoms with Crippen molar-refractivity contribution in [3.05, 3.63) is 10.3 Å². The Labute approximate surface area is 159 Å². The van der Waals surface area contributed by atoms with Gasteiger partial charge >= 0.3 is 7.82 Å². The van der Waals surface area contributed by atoms with E-state index in [1.165, 1.54) is 6.92 Å². The summed E-state index contributed by atoms with van der Waals surface area (Å²) in [6.07, 6.45) is 4.79. The Hall–Kier alpha value is 0.150. The first-order valence-electron chi connectivity index (χ1n) is 8.34. The number of rotatable bonds is 17. The zero-order valence-electron chi connectivity index (χ0n) is 14.6. The Morgan fingerprint density at radius 1 is 0.880 bits per heavy atom. The molecule has 0 aromatic carbocycles. The Morgan fingerprint density at radius 2 is 1.32 bits per heavy atom. The minimum Gasteiger partial charge on any atom is -0.406 e. The summed E-state index contributed by atoms with van der Waals surface area (Å²) >= 11 is 10.9. The van der Waals surface area contributed by atoms with Gasteiger partial charge in [-0.05, 0) is 45.4 Å². The highest BCUT2D eigenvalue weighted by Crippen LogP contribution is 2.46. The molecule has 0 radical (unpaired) electrons. The number of unbranched alkanes of at least 4 members (excludes halogenated alkanes) is 3. The number of phosphoric ester groups is 1. The molecule has 0 aromatic rings. The first-order valence-corrected chi connectivity index (χ1v) is 10.6. The van der Waals surface area contributed by atoms with Crippen molar-refractivity contribution in [1.29, 1.82) is 0 Å². The number of phosphoric acid groups is 1. The largest absolute Gasteiger partial charge is 0.527 e. The third-order valence-corrected chi connectivity index (χ3v) is 4.53. The van der Waals surface area contributed by atoms with Crippen molar-refractivity contribution >= 4 is 31.0 Å². The van der Waals surface area contributed by atoms with Crippen LogP contribution in [0, 0.1) is 0 Å². The van der Waals surface area contributed by atoms with E-state index < -0.39 is 7.82 Å². The first-order chi connectivity index (χ1) is 11.9. The van der Waals surface area contributed by atoms with Gasteiger partial charge in [-0.25, -0.2) is 4.57 Å². The van der Waals surface area contributed by atoms with Crippen LogP contribution in [0.4, 0.5) is 0 Å². The maximum atomic E-state index is 11.6. The number of allylic oxidation sites excluding steroid dienone is 1. The van der Waals surface area contributed by atoms with E-state index in [0.29, 0.717) is 39.3 Å². The number of hydrogen-bond acceptors (Lipinski definition) is 6. The molecule has 10 heteroatoms. The number of hydrogen-bond donors (Lipinski definition) is 2. The van der Waals surface area contributed by atoms with Gasteiger partial charge in [-0.1, -0.05) is 23.2 Å². The summed E-state index contributed by atoms with van der Waals surface area (Å²) in [5.41, 5.74) is 0. The molecule has 150 valence electrons. The van der Waals surface area contributed by atoms with Gasteiger partial charge in [0, 0.05) is 33.0 Å². The molecule has 1 atom stereocenters. The van der Waals surface area contributed by atoms with Gasteiger partial charge in [0.15, 0.2) is 0 Å². The maximum Gasteiger partial charge on any atom is 0.527 e. The summed E-state index contributed by atoms with van der Waals surface area (Å²) in [5, 5.41) is 8.61. The first kappa shape index (κ1) is 25.1. The van der Waals surface area contributed by atoms with Crippen LogP contribution >= 0.6 is 31.0 Å². The van der Waals surface area contributed by atoms with Gasteiger partial charge in [-0.3, -0.25) is 9.42 Å². The molecular weight excluding hydrogens is 394 g/mol. The molecule has 0 aliphatic carbocycles. The summed E-state index contributed by atoms with van der Waals surface area (Å²) in [6, 6.07) is 0. The van der Waals surface area contributed by atoms with Crippen molar-refractivity contribution in [3.63, 3.8) is 0 Å². The number of aliphatic hydroxyl groups is 1. The molecule has 0 aliphatic rings. The van der Waals surface area contributed by atoms with Crippen molar-refractivity contribution in [2.45, 2.75) is 45.4 Å². The van der Waals surface area contributed by atoms with E-state index in [4.69, 9.17) is 42.3 Å². The van der Waals surface area contributed by atoms with Gasteiger partial charge in [0.25, 0.3) is 0 Å². The molecule has 0 bridgehead atoms. The van der Waals surface area contributed by atoms with Crippen LogP contribution in [0.3, 0.4) is 0 Å². The number of ether oxygens (including phenoxy) is 2. The molecule has 0 rings (SSSR count). The number of halogens is 2. The Kier molecular flexibility index (Phi) is 16.4. The van der Waals surface area contributed by atoms with Crippen LogP contribution in [0.2, 0.25) is 0 Å². The van der Waals surface area contributed by atoms with Gasteiger partial charge in [-0.15, -0.1) is 0 Å². The highest BCUT2D eigenvalue weighted by molar-refractivity contribution is 7.47. The van der Waals surface area contributed by atoms with Crippen LogP contribution in [0.15, 0.2) is 10.3 Å². The van der Waals surface area contributed by atoms with Crippen LogP contribution in [0.5, 0.6) is 0 Å². The second-order valence-electron chi connectivity index (χ2n) is 5.28. The lowest BCUT2D eigenvalue weighted by Crippen LogP contribution is -2.03. The second kappa shape index (κ2) is 16.3. The Morgan fingerprint density at radius 3 is 1.76 bits per heavy atom. The summed E-state index contributed by atoms with van der Waals surface area (Å²) in [7, 11) is -4.18. The minimum atomic E-state index is -4.18. The smallest absolute Gasteiger partial charge is 0.406 e. The number of aliphatic hydroxyl groups excluding tert-OH is 1. The maximum absolute atomic E-state index is 11.6. The molecule has 0 saturated carbocycles. The molecule has 2 N–H and O–H groups in total. The van der Waals surface area contributed by atoms with E-state index in [9.17, 15) is 9.46 Å². The molecule has 0 aromatic heterocycles. The molecule has 1 unspecified atom stereocenters. The molecule has 25 heavy (non-hydrogen) atoms. The second-order valence-corrected chi connectivity index (χ2v) is 7.61. The van der Waals surface area contributed by atoms with Gasteiger partial charge in [-0.2, -0.15) is 0 Å². The molecule has 0 aliphatic heterocycles. The predicted molar refractivity (Wildman–Crippen MR) is 97.7 cm³/mol. The molecule has 0 amide bonds. The fraction of sp³-hybridized carbons (Fsp3) is 0.867. The third-order valence-electron chi connectivity index (χ3n) is 2.98. The quantitative estimate of drug-likeness (QED) is 0.206. The van der Waals surface area contributed by atoms with Crippen LogP contribution in [0.1, 0.15) is 45.4 Å². The molecule has 7 nitrogen and oxygen atoms in total. The van der Waals surface area contributed by atoms with Crippen LogP contribution in [-0.4, -0.2) is 49.6 Å². The normalized spacial score (nSPS) is 13.5. The van der Waals surface area contributed by atoms with E-state index in [0.717, 1.165) is 25.7 Å². The lowest BCUT2D eigenvalue weighted by Gasteiger charge is -2.13. The molecular formula is C15H29Cl2O7P. The van der Waals surface area contributed by atoms with Crippen LogP contribution in [0.25, 0.3) is 0 Å². The van der Waals surface area contributed by atoms with Crippen molar-refractivity contribution < 1.29 is 33.1 Å². The predicted octanol–water partition coefficient (Wildman–Crippen LogP) is 4.15. The summed E-state index contributed by atoms with van der Waals surface area (Å²) in [5.74, 6) is -0.0603. The van der Waals surface area contributed by atoms with Gasteiger partial charge in [0.05, 0.1) is 6.61 Å². The Balaban J connectivity index is 3.39. The van der Waals surface area contributed by atoms with E-state index in [-0.39, 0.29) is 23.5 Å². The SMILES string of the molecule is CC(OP(=O)(O)OCCCCOCCCCOCCCCO)=C(Cl)Cl. The van der Waals surface area contributed by atoms with Crippen molar-refractivity contribution in [2.24, 2.45) is 0 Å². The fourth-order valence-corrected chi connectivity index (χ4v) is 2.68. The fourth-order valence-electron chi connectivity index (χ4n) is 1.65. The van der Waals surface area contributed by atoms with E-state index in [2.05, 4.69) is 4.52 Å². The minimum absolute atomic E-state index is 0.0603. The van der Waals surface area contributed by atoms with E-state index in [1.807, 2.05) is 0 Å². The highest BCUT2D eigenvalue weighted by atomic mass is 35.5. The molecule has 0 spiro atoms. The van der Waals surface area contributed by atoms with E-state index >= 15 is 0 Å². The van der Waals surface area contributed by atoms with Crippen molar-refractivity contribution in [1.82, 2.24) is 0 Å². The summed E-state index contributed by atoms with van der Waals surface area (Å²) < 4.78 is 31.7. The van der Waals surface area contributed by atoms with Crippen LogP contribution in [-0.2, 0) is 23.1 Å². The third kappa shape index (κ3) is 17.3. The average molecular weight is 423 g/mol. The van der Waals surface area contributed by atoms with Gasteiger partial charge in [0.2, 0.25) is 0 Å². The van der Waals surface area contributed by atoms with Crippen molar-refractivity contribution in [3.8, 4) is 0 Å². The van der Waals surface area contributed by atoms with E-state index in [1.54, 1.807) is 0 Å². The zero-order chi connectivity index (χ0) is 19.0. The van der Waals surface area contributed by atoms with Crippen molar-refractivity contribution in [2.75, 3.05) is 39.6 Å². The topological polar surface area (TPSA) is 94.5 Å². The average Bonchev–Trinajstić information content (AvgIpc) is 2.54. The molecule has 0 fully saturated rings. The Bertz CT molecular complexity index is 403. The molecule has 0 heterocycles. The molecule has 0 saturated heterocycles. The lowest BCUT2D eigenvalue weighted by molar-refractivity contribution is 0.0952. The summed E-state index contributed by atoms with van der Waals surface area (Å²) in [4.78, 5) is 9.43. The monoisotopic (exact) mass is 422 g/mol. The standard InChI is InChI=1S/C15H29Cl2O7P/c1-14(15(16)17)24-25(19,20)23-13-7-6-12-22-11-5-4-10-21-9-3-2-8-18/h18H,2-13H2,1H3,(H,19,20). The highest BCUT2D eigenvalue weighted by Gasteiger charge is 2.23. The van der Waals surface area contributed by atoms with Gasteiger partial charge in [0.1, 0.15) is 10.3 Å². The summed E-state index contributed by atoms with van der Waals surface area (Å²) in [6.45, 7) is 4.26.